The van der Waals surface area contributed by atoms with Crippen LogP contribution in [0.25, 0.3) is 0 Å². The molecule has 0 fully saturated rings. The van der Waals surface area contributed by atoms with Crippen molar-refractivity contribution in [3.8, 4) is 0 Å². The van der Waals surface area contributed by atoms with Crippen molar-refractivity contribution in [3.63, 3.8) is 0 Å². The molecule has 5 nitrogen and oxygen atoms in total. The minimum absolute atomic E-state index is 0.00119. The Balaban J connectivity index is 1.72. The molecule has 0 aliphatic heterocycles. The molecule has 5 heteroatoms. The monoisotopic (exact) mass is 367 g/mol. The highest BCUT2D eigenvalue weighted by Crippen LogP contribution is 2.22. The molecule has 142 valence electrons. The van der Waals surface area contributed by atoms with E-state index < -0.39 is 0 Å². The van der Waals surface area contributed by atoms with Gasteiger partial charge in [-0.05, 0) is 48.2 Å². The second-order valence-electron chi connectivity index (χ2n) is 6.65. The van der Waals surface area contributed by atoms with Gasteiger partial charge < -0.3 is 19.1 Å². The van der Waals surface area contributed by atoms with Crippen molar-refractivity contribution in [3.05, 3.63) is 77.6 Å². The molecule has 0 bridgehead atoms. The number of quaternary nitrogens is 1. The number of carbonyl (C=O) groups is 1. The molecule has 3 rings (SSSR count). The Labute approximate surface area is 160 Å². The number of benzene rings is 1. The van der Waals surface area contributed by atoms with Crippen molar-refractivity contribution in [1.29, 1.82) is 0 Å². The molecule has 2 N–H and O–H groups in total. The summed E-state index contributed by atoms with van der Waals surface area (Å²) in [5, 5.41) is 3.15. The number of amides is 1. The number of anilines is 1. The smallest absolute Gasteiger partial charge is 0.279 e. The van der Waals surface area contributed by atoms with Crippen LogP contribution in [0.5, 0.6) is 0 Å². The van der Waals surface area contributed by atoms with Crippen LogP contribution in [0, 0.1) is 0 Å². The lowest BCUT2D eigenvalue weighted by atomic mass is 10.0. The number of aryl methyl sites for hydroxylation is 2. The number of nitrogens with one attached hydrogen (secondary N) is 2. The predicted molar refractivity (Wildman–Crippen MR) is 104 cm³/mol. The van der Waals surface area contributed by atoms with Crippen molar-refractivity contribution in [2.24, 2.45) is 0 Å². The van der Waals surface area contributed by atoms with Crippen LogP contribution in [-0.2, 0) is 30.7 Å². The summed E-state index contributed by atoms with van der Waals surface area (Å²) >= 11 is 0. The Kier molecular flexibility index (Phi) is 6.49. The van der Waals surface area contributed by atoms with Gasteiger partial charge in [0.15, 0.2) is 18.1 Å². The van der Waals surface area contributed by atoms with E-state index in [-0.39, 0.29) is 5.91 Å². The number of hydrogen-bond acceptors (Lipinski definition) is 3. The van der Waals surface area contributed by atoms with Crippen LogP contribution < -0.4 is 10.2 Å². The molecule has 3 aromatic rings. The third-order valence-electron chi connectivity index (χ3n) is 4.68. The lowest BCUT2D eigenvalue weighted by molar-refractivity contribution is -0.921. The van der Waals surface area contributed by atoms with E-state index in [1.807, 2.05) is 24.3 Å². The molecule has 0 unspecified atom stereocenters. The first-order valence-electron chi connectivity index (χ1n) is 9.48. The zero-order chi connectivity index (χ0) is 19.1. The topological polar surface area (TPSA) is 59.8 Å². The van der Waals surface area contributed by atoms with Gasteiger partial charge in [-0.2, -0.15) is 0 Å². The second kappa shape index (κ2) is 9.24. The Bertz CT molecular complexity index is 780. The Morgan fingerprint density at radius 2 is 1.44 bits per heavy atom. The molecule has 2 aromatic heterocycles. The van der Waals surface area contributed by atoms with Gasteiger partial charge >= 0.3 is 0 Å². The summed E-state index contributed by atoms with van der Waals surface area (Å²) < 4.78 is 10.9. The van der Waals surface area contributed by atoms with Gasteiger partial charge in [0.25, 0.3) is 5.91 Å². The largest absolute Gasteiger partial charge is 0.463 e. The highest BCUT2D eigenvalue weighted by molar-refractivity contribution is 5.93. The minimum Gasteiger partial charge on any atom is -0.463 e. The van der Waals surface area contributed by atoms with Gasteiger partial charge in [0, 0.05) is 5.69 Å². The maximum absolute atomic E-state index is 12.8. The fourth-order valence-electron chi connectivity index (χ4n) is 3.32. The zero-order valence-corrected chi connectivity index (χ0v) is 16.0. The first kappa shape index (κ1) is 19.0. The maximum Gasteiger partial charge on any atom is 0.279 e. The van der Waals surface area contributed by atoms with Crippen LogP contribution in [0.3, 0.4) is 0 Å². The fourth-order valence-corrected chi connectivity index (χ4v) is 3.32. The summed E-state index contributed by atoms with van der Waals surface area (Å²) in [6.07, 6.45) is 5.09. The Morgan fingerprint density at radius 3 is 1.89 bits per heavy atom. The molecule has 0 spiro atoms. The summed E-state index contributed by atoms with van der Waals surface area (Å²) in [5.74, 6) is 1.71. The van der Waals surface area contributed by atoms with Crippen LogP contribution in [-0.4, -0.2) is 12.5 Å². The van der Waals surface area contributed by atoms with Gasteiger partial charge in [-0.25, -0.2) is 0 Å². The molecule has 0 radical (unpaired) electrons. The molecule has 1 aromatic carbocycles. The molecule has 0 saturated heterocycles. The van der Waals surface area contributed by atoms with Crippen LogP contribution in [0.15, 0.2) is 63.8 Å². The summed E-state index contributed by atoms with van der Waals surface area (Å²) in [5.41, 5.74) is 3.30. The first-order valence-corrected chi connectivity index (χ1v) is 9.48. The molecule has 2 heterocycles. The second-order valence-corrected chi connectivity index (χ2v) is 6.65. The van der Waals surface area contributed by atoms with E-state index in [1.165, 1.54) is 11.1 Å². The van der Waals surface area contributed by atoms with E-state index in [2.05, 4.69) is 37.4 Å². The van der Waals surface area contributed by atoms with Crippen LogP contribution >= 0.6 is 0 Å². The summed E-state index contributed by atoms with van der Waals surface area (Å²) in [7, 11) is 0. The van der Waals surface area contributed by atoms with Gasteiger partial charge in [0.1, 0.15) is 13.1 Å². The van der Waals surface area contributed by atoms with E-state index in [1.54, 1.807) is 12.5 Å². The van der Waals surface area contributed by atoms with E-state index in [9.17, 15) is 4.79 Å². The lowest BCUT2D eigenvalue weighted by Gasteiger charge is -2.19. The Morgan fingerprint density at radius 1 is 0.889 bits per heavy atom. The number of hydrogen-bond donors (Lipinski definition) is 2. The van der Waals surface area contributed by atoms with Crippen LogP contribution in [0.2, 0.25) is 0 Å². The number of para-hydroxylation sites is 1. The van der Waals surface area contributed by atoms with Crippen molar-refractivity contribution in [1.82, 2.24) is 0 Å². The fraction of sp³-hybridized carbons (Fsp3) is 0.318. The van der Waals surface area contributed by atoms with Crippen LogP contribution in [0.1, 0.15) is 36.5 Å². The van der Waals surface area contributed by atoms with Crippen LogP contribution in [0.4, 0.5) is 5.69 Å². The highest BCUT2D eigenvalue weighted by atomic mass is 16.3. The van der Waals surface area contributed by atoms with Gasteiger partial charge in [-0.1, -0.05) is 32.0 Å². The van der Waals surface area contributed by atoms with Crippen molar-refractivity contribution in [2.45, 2.75) is 39.8 Å². The normalized spacial score (nSPS) is 11.1. The maximum atomic E-state index is 12.8. The van der Waals surface area contributed by atoms with E-state index in [0.29, 0.717) is 19.6 Å². The molecule has 0 aliphatic rings. The average Bonchev–Trinajstić information content (AvgIpc) is 3.36. The third kappa shape index (κ3) is 5.11. The number of rotatable bonds is 9. The number of furan rings is 2. The van der Waals surface area contributed by atoms with Gasteiger partial charge in [-0.3, -0.25) is 4.79 Å². The zero-order valence-electron chi connectivity index (χ0n) is 16.0. The van der Waals surface area contributed by atoms with Gasteiger partial charge in [-0.15, -0.1) is 0 Å². The van der Waals surface area contributed by atoms with E-state index in [0.717, 1.165) is 34.9 Å². The highest BCUT2D eigenvalue weighted by Gasteiger charge is 2.19. The molecular weight excluding hydrogens is 340 g/mol. The first-order chi connectivity index (χ1) is 13.2. The van der Waals surface area contributed by atoms with Crippen molar-refractivity contribution in [2.75, 3.05) is 11.9 Å². The Hall–Kier alpha value is -2.79. The summed E-state index contributed by atoms with van der Waals surface area (Å²) in [6, 6.07) is 13.8. The van der Waals surface area contributed by atoms with Gasteiger partial charge in [0.05, 0.1) is 12.5 Å². The van der Waals surface area contributed by atoms with Crippen molar-refractivity contribution >= 4 is 11.6 Å². The number of carbonyl (C=O) groups excluding carboxylic acids is 1. The van der Waals surface area contributed by atoms with E-state index in [4.69, 9.17) is 8.83 Å². The quantitative estimate of drug-likeness (QED) is 0.610. The molecule has 0 atom stereocenters. The SMILES string of the molecule is CCc1cccc(CC)c1NC(=O)C[NH+](Cc1ccco1)Cc1ccco1. The molecule has 27 heavy (non-hydrogen) atoms. The molecule has 1 amide bonds. The molecular formula is C22H27N2O3+. The summed E-state index contributed by atoms with van der Waals surface area (Å²) in [6.45, 7) is 5.79. The van der Waals surface area contributed by atoms with Gasteiger partial charge in [0.2, 0.25) is 0 Å². The molecule has 0 saturated carbocycles. The van der Waals surface area contributed by atoms with Crippen molar-refractivity contribution < 1.29 is 18.5 Å². The standard InChI is InChI=1S/C22H26N2O3/c1-3-17-8-5-9-18(4-2)22(17)23-21(25)16-24(14-19-10-6-12-26-19)15-20-11-7-13-27-20/h5-13H,3-4,14-16H2,1-2H3,(H,23,25)/p+1. The minimum atomic E-state index is -0.00119. The molecule has 0 aliphatic carbocycles. The lowest BCUT2D eigenvalue weighted by Crippen LogP contribution is -3.10. The average molecular weight is 367 g/mol. The van der Waals surface area contributed by atoms with E-state index >= 15 is 0 Å². The summed E-state index contributed by atoms with van der Waals surface area (Å²) in [4.78, 5) is 13.9. The third-order valence-corrected chi connectivity index (χ3v) is 4.68. The predicted octanol–water partition coefficient (Wildman–Crippen LogP) is 3.22.